The number of hydrogen-bond donors (Lipinski definition) is 2. The van der Waals surface area contributed by atoms with E-state index in [1.165, 1.54) is 6.07 Å². The quantitative estimate of drug-likeness (QED) is 0.546. The van der Waals surface area contributed by atoms with Gasteiger partial charge in [-0.25, -0.2) is 4.79 Å². The lowest BCUT2D eigenvalue weighted by atomic mass is 9.93. The van der Waals surface area contributed by atoms with Crippen molar-refractivity contribution >= 4 is 29.5 Å². The first-order valence-electron chi connectivity index (χ1n) is 8.45. The van der Waals surface area contributed by atoms with Crippen LogP contribution in [0.2, 0.25) is 0 Å². The number of hydrogen-bond acceptors (Lipinski definition) is 6. The normalized spacial score (nSPS) is 15.1. The van der Waals surface area contributed by atoms with Crippen LogP contribution in [0.4, 0.5) is 10.5 Å². The van der Waals surface area contributed by atoms with Gasteiger partial charge in [-0.05, 0) is 25.0 Å². The number of nitriles is 1. The van der Waals surface area contributed by atoms with E-state index < -0.39 is 42.5 Å². The third kappa shape index (κ3) is 4.23. The Morgan fingerprint density at radius 2 is 1.93 bits per heavy atom. The van der Waals surface area contributed by atoms with Crippen LogP contribution in [0, 0.1) is 11.3 Å². The summed E-state index contributed by atoms with van der Waals surface area (Å²) >= 11 is 0. The summed E-state index contributed by atoms with van der Waals surface area (Å²) in [6, 6.07) is 7.65. The monoisotopic (exact) mass is 372 g/mol. The van der Waals surface area contributed by atoms with Crippen LogP contribution in [-0.2, 0) is 19.1 Å². The Bertz CT molecular complexity index is 810. The molecule has 1 aliphatic heterocycles. The van der Waals surface area contributed by atoms with E-state index in [4.69, 9.17) is 10.00 Å². The molecule has 0 spiro atoms. The van der Waals surface area contributed by atoms with Gasteiger partial charge in [0, 0.05) is 0 Å². The van der Waals surface area contributed by atoms with E-state index in [9.17, 15) is 19.2 Å². The molecular weight excluding hydrogens is 352 g/mol. The predicted octanol–water partition coefficient (Wildman–Crippen LogP) is 1.15. The molecular formula is C18H20N4O5. The average Bonchev–Trinajstić information content (AvgIpc) is 2.91. The Hall–Kier alpha value is -3.41. The second-order valence-electron chi connectivity index (χ2n) is 5.98. The molecule has 0 bridgehead atoms. The molecule has 1 saturated heterocycles. The van der Waals surface area contributed by atoms with Crippen LogP contribution in [0.5, 0.6) is 0 Å². The van der Waals surface area contributed by atoms with Crippen LogP contribution in [0.15, 0.2) is 24.3 Å². The number of carbonyl (C=O) groups is 4. The maximum absolute atomic E-state index is 12.4. The second kappa shape index (κ2) is 8.31. The smallest absolute Gasteiger partial charge is 0.326 e. The van der Waals surface area contributed by atoms with Crippen LogP contribution >= 0.6 is 0 Å². The number of para-hydroxylation sites is 1. The molecule has 1 aliphatic rings. The Morgan fingerprint density at radius 3 is 2.52 bits per heavy atom. The molecule has 2 N–H and O–H groups in total. The highest BCUT2D eigenvalue weighted by Gasteiger charge is 2.49. The highest BCUT2D eigenvalue weighted by molar-refractivity contribution is 6.08. The van der Waals surface area contributed by atoms with E-state index >= 15 is 0 Å². The minimum absolute atomic E-state index is 0.270. The molecule has 0 aliphatic carbocycles. The van der Waals surface area contributed by atoms with Crippen molar-refractivity contribution in [3.63, 3.8) is 0 Å². The molecule has 0 atom stereocenters. The van der Waals surface area contributed by atoms with Gasteiger partial charge in [0.1, 0.15) is 18.2 Å². The predicted molar refractivity (Wildman–Crippen MR) is 94.3 cm³/mol. The molecule has 1 aromatic rings. The molecule has 0 saturated carbocycles. The molecule has 27 heavy (non-hydrogen) atoms. The first-order chi connectivity index (χ1) is 12.9. The Morgan fingerprint density at radius 1 is 1.26 bits per heavy atom. The molecule has 0 unspecified atom stereocenters. The number of urea groups is 1. The van der Waals surface area contributed by atoms with Gasteiger partial charge < -0.3 is 15.4 Å². The van der Waals surface area contributed by atoms with E-state index in [1.807, 2.05) is 6.07 Å². The summed E-state index contributed by atoms with van der Waals surface area (Å²) in [6.45, 7) is 2.36. The molecule has 9 nitrogen and oxygen atoms in total. The van der Waals surface area contributed by atoms with E-state index in [0.29, 0.717) is 18.5 Å². The van der Waals surface area contributed by atoms with Crippen molar-refractivity contribution in [2.24, 2.45) is 0 Å². The molecule has 1 fully saturated rings. The SMILES string of the molecule is CCC1(CC)NC(=O)N(CC(=O)OCC(=O)Nc2ccccc2C#N)C1=O. The van der Waals surface area contributed by atoms with Crippen molar-refractivity contribution in [1.29, 1.82) is 5.26 Å². The summed E-state index contributed by atoms with van der Waals surface area (Å²) in [5.74, 6) is -2.01. The summed E-state index contributed by atoms with van der Waals surface area (Å²) in [5, 5.41) is 14.0. The fraction of sp³-hybridized carbons (Fsp3) is 0.389. The summed E-state index contributed by atoms with van der Waals surface area (Å²) in [7, 11) is 0. The van der Waals surface area contributed by atoms with Gasteiger partial charge in [0.15, 0.2) is 6.61 Å². The zero-order chi connectivity index (χ0) is 20.0. The van der Waals surface area contributed by atoms with E-state index in [2.05, 4.69) is 10.6 Å². The lowest BCUT2D eigenvalue weighted by Crippen LogP contribution is -2.46. The molecule has 1 heterocycles. The van der Waals surface area contributed by atoms with Crippen molar-refractivity contribution < 1.29 is 23.9 Å². The topological polar surface area (TPSA) is 129 Å². The molecule has 9 heteroatoms. The number of benzene rings is 1. The Labute approximate surface area is 156 Å². The summed E-state index contributed by atoms with van der Waals surface area (Å²) < 4.78 is 4.84. The van der Waals surface area contributed by atoms with Crippen molar-refractivity contribution in [3.05, 3.63) is 29.8 Å². The lowest BCUT2D eigenvalue weighted by molar-refractivity contribution is -0.150. The van der Waals surface area contributed by atoms with Crippen LogP contribution in [-0.4, -0.2) is 47.4 Å². The van der Waals surface area contributed by atoms with Crippen molar-refractivity contribution in [2.45, 2.75) is 32.2 Å². The second-order valence-corrected chi connectivity index (χ2v) is 5.98. The standard InChI is InChI=1S/C18H20N4O5/c1-3-18(4-2)16(25)22(17(26)21-18)10-15(24)27-11-14(23)20-13-8-6-5-7-12(13)9-19/h5-8H,3-4,10-11H2,1-2H3,(H,20,23)(H,21,26). The first kappa shape index (κ1) is 19.9. The van der Waals surface area contributed by atoms with Crippen LogP contribution in [0.25, 0.3) is 0 Å². The first-order valence-corrected chi connectivity index (χ1v) is 8.45. The highest BCUT2D eigenvalue weighted by Crippen LogP contribution is 2.24. The van der Waals surface area contributed by atoms with Crippen LogP contribution in [0.1, 0.15) is 32.3 Å². The van der Waals surface area contributed by atoms with Gasteiger partial charge in [0.2, 0.25) is 0 Å². The minimum atomic E-state index is -1.00. The molecule has 2 rings (SSSR count). The average molecular weight is 372 g/mol. The number of nitrogens with one attached hydrogen (secondary N) is 2. The maximum Gasteiger partial charge on any atom is 0.326 e. The van der Waals surface area contributed by atoms with Crippen molar-refractivity contribution in [2.75, 3.05) is 18.5 Å². The van der Waals surface area contributed by atoms with Gasteiger partial charge in [0.25, 0.3) is 11.8 Å². The van der Waals surface area contributed by atoms with E-state index in [-0.39, 0.29) is 5.56 Å². The summed E-state index contributed by atoms with van der Waals surface area (Å²) in [4.78, 5) is 49.0. The number of anilines is 1. The number of esters is 1. The number of amides is 4. The number of carbonyl (C=O) groups excluding carboxylic acids is 4. The minimum Gasteiger partial charge on any atom is -0.454 e. The molecule has 1 aromatic carbocycles. The fourth-order valence-electron chi connectivity index (χ4n) is 2.75. The van der Waals surface area contributed by atoms with Gasteiger partial charge in [-0.15, -0.1) is 0 Å². The molecule has 0 radical (unpaired) electrons. The lowest BCUT2D eigenvalue weighted by Gasteiger charge is -2.22. The molecule has 4 amide bonds. The number of imide groups is 1. The summed E-state index contributed by atoms with van der Waals surface area (Å²) in [5.41, 5.74) is -0.437. The summed E-state index contributed by atoms with van der Waals surface area (Å²) in [6.07, 6.45) is 0.806. The van der Waals surface area contributed by atoms with Crippen LogP contribution < -0.4 is 10.6 Å². The Kier molecular flexibility index (Phi) is 6.13. The largest absolute Gasteiger partial charge is 0.454 e. The van der Waals surface area contributed by atoms with Gasteiger partial charge >= 0.3 is 12.0 Å². The van der Waals surface area contributed by atoms with Crippen LogP contribution in [0.3, 0.4) is 0 Å². The van der Waals surface area contributed by atoms with Gasteiger partial charge in [-0.1, -0.05) is 26.0 Å². The zero-order valence-corrected chi connectivity index (χ0v) is 15.1. The third-order valence-electron chi connectivity index (χ3n) is 4.43. The van der Waals surface area contributed by atoms with Crippen molar-refractivity contribution in [3.8, 4) is 6.07 Å². The van der Waals surface area contributed by atoms with E-state index in [0.717, 1.165) is 4.90 Å². The Balaban J connectivity index is 1.89. The maximum atomic E-state index is 12.4. The van der Waals surface area contributed by atoms with Gasteiger partial charge in [-0.3, -0.25) is 19.3 Å². The number of rotatable bonds is 7. The highest BCUT2D eigenvalue weighted by atomic mass is 16.5. The van der Waals surface area contributed by atoms with Gasteiger partial charge in [-0.2, -0.15) is 5.26 Å². The molecule has 0 aromatic heterocycles. The zero-order valence-electron chi connectivity index (χ0n) is 15.1. The molecule has 142 valence electrons. The third-order valence-corrected chi connectivity index (χ3v) is 4.43. The van der Waals surface area contributed by atoms with Gasteiger partial charge in [0.05, 0.1) is 11.3 Å². The number of ether oxygens (including phenoxy) is 1. The van der Waals surface area contributed by atoms with Crippen molar-refractivity contribution in [1.82, 2.24) is 10.2 Å². The number of nitrogens with zero attached hydrogens (tertiary/aromatic N) is 2. The fourth-order valence-corrected chi connectivity index (χ4v) is 2.75. The van der Waals surface area contributed by atoms with E-state index in [1.54, 1.807) is 32.0 Å².